The smallest absolute Gasteiger partial charge is 0.223 e. The molecule has 1 saturated heterocycles. The third-order valence-corrected chi connectivity index (χ3v) is 6.03. The second-order valence-electron chi connectivity index (χ2n) is 8.08. The van der Waals surface area contributed by atoms with Crippen LogP contribution in [0, 0.1) is 5.92 Å². The Labute approximate surface area is 178 Å². The summed E-state index contributed by atoms with van der Waals surface area (Å²) in [5, 5.41) is 5.67. The largest absolute Gasteiger partial charge is 0.492 e. The zero-order chi connectivity index (χ0) is 20.8. The lowest BCUT2D eigenvalue weighted by molar-refractivity contribution is -0.127. The molecule has 1 N–H and O–H groups in total. The van der Waals surface area contributed by atoms with Gasteiger partial charge >= 0.3 is 0 Å². The van der Waals surface area contributed by atoms with Crippen molar-refractivity contribution in [2.45, 2.75) is 25.8 Å². The van der Waals surface area contributed by atoms with E-state index in [9.17, 15) is 4.79 Å². The Morgan fingerprint density at radius 1 is 1.00 bits per heavy atom. The molecule has 0 saturated carbocycles. The van der Waals surface area contributed by atoms with Crippen LogP contribution >= 0.6 is 0 Å². The molecule has 3 aromatic carbocycles. The number of fused-ring (bicyclic) bond motifs is 1. The molecule has 1 atom stereocenters. The maximum Gasteiger partial charge on any atom is 0.223 e. The Bertz CT molecular complexity index is 960. The van der Waals surface area contributed by atoms with E-state index in [0.717, 1.165) is 38.2 Å². The van der Waals surface area contributed by atoms with Crippen molar-refractivity contribution in [3.8, 4) is 5.75 Å². The lowest BCUT2D eigenvalue weighted by Crippen LogP contribution is -2.42. The van der Waals surface area contributed by atoms with Gasteiger partial charge in [-0.05, 0) is 61.3 Å². The second kappa shape index (κ2) is 9.77. The average molecular weight is 403 g/mol. The first-order valence-corrected chi connectivity index (χ1v) is 10.9. The Morgan fingerprint density at radius 3 is 2.50 bits per heavy atom. The number of rotatable bonds is 7. The first-order valence-electron chi connectivity index (χ1n) is 10.9. The molecule has 1 aliphatic heterocycles. The summed E-state index contributed by atoms with van der Waals surface area (Å²) < 4.78 is 5.80. The molecular weight excluding hydrogens is 372 g/mol. The van der Waals surface area contributed by atoms with Gasteiger partial charge < -0.3 is 10.1 Å². The number of nitrogens with one attached hydrogen (secondary N) is 1. The van der Waals surface area contributed by atoms with E-state index in [1.807, 2.05) is 36.4 Å². The molecule has 30 heavy (non-hydrogen) atoms. The van der Waals surface area contributed by atoms with E-state index in [4.69, 9.17) is 4.74 Å². The Kier molecular flexibility index (Phi) is 6.65. The third-order valence-electron chi connectivity index (χ3n) is 6.03. The van der Waals surface area contributed by atoms with Gasteiger partial charge in [0.15, 0.2) is 0 Å². The highest BCUT2D eigenvalue weighted by Crippen LogP contribution is 2.25. The van der Waals surface area contributed by atoms with E-state index in [0.29, 0.717) is 6.61 Å². The number of hydrogen-bond donors (Lipinski definition) is 1. The zero-order valence-electron chi connectivity index (χ0n) is 17.6. The summed E-state index contributed by atoms with van der Waals surface area (Å²) in [6, 6.07) is 24.6. The van der Waals surface area contributed by atoms with Gasteiger partial charge in [-0.2, -0.15) is 0 Å². The SMILES string of the molecule is CC(NC(=O)C1CCN(CCOc2ccccc2)CC1)c1cccc2ccccc12. The van der Waals surface area contributed by atoms with Crippen LogP contribution in [-0.4, -0.2) is 37.0 Å². The molecule has 0 spiro atoms. The van der Waals surface area contributed by atoms with Crippen LogP contribution in [0.1, 0.15) is 31.4 Å². The molecule has 156 valence electrons. The van der Waals surface area contributed by atoms with Crippen LogP contribution in [0.15, 0.2) is 72.8 Å². The van der Waals surface area contributed by atoms with Crippen molar-refractivity contribution in [3.05, 3.63) is 78.4 Å². The highest BCUT2D eigenvalue weighted by molar-refractivity contribution is 5.87. The lowest BCUT2D eigenvalue weighted by atomic mass is 9.94. The average Bonchev–Trinajstić information content (AvgIpc) is 2.80. The van der Waals surface area contributed by atoms with Crippen LogP contribution in [0.3, 0.4) is 0 Å². The van der Waals surface area contributed by atoms with Crippen LogP contribution in [0.4, 0.5) is 0 Å². The molecule has 1 heterocycles. The van der Waals surface area contributed by atoms with Gasteiger partial charge in [0.05, 0.1) is 6.04 Å². The van der Waals surface area contributed by atoms with E-state index < -0.39 is 0 Å². The second-order valence-corrected chi connectivity index (χ2v) is 8.08. The maximum absolute atomic E-state index is 12.9. The van der Waals surface area contributed by atoms with Gasteiger partial charge in [0.1, 0.15) is 12.4 Å². The molecule has 0 radical (unpaired) electrons. The predicted molar refractivity (Wildman–Crippen MR) is 122 cm³/mol. The van der Waals surface area contributed by atoms with Crippen molar-refractivity contribution in [3.63, 3.8) is 0 Å². The minimum absolute atomic E-state index is 0.000835. The van der Waals surface area contributed by atoms with Gasteiger partial charge in [0.2, 0.25) is 5.91 Å². The van der Waals surface area contributed by atoms with Gasteiger partial charge in [0, 0.05) is 12.5 Å². The molecule has 1 aliphatic rings. The molecule has 1 unspecified atom stereocenters. The molecule has 4 rings (SSSR count). The number of carbonyl (C=O) groups excluding carboxylic acids is 1. The lowest BCUT2D eigenvalue weighted by Gasteiger charge is -2.31. The molecule has 4 nitrogen and oxygen atoms in total. The fraction of sp³-hybridized carbons (Fsp3) is 0.346. The number of piperidine rings is 1. The number of likely N-dealkylation sites (tertiary alicyclic amines) is 1. The third kappa shape index (κ3) is 5.00. The van der Waals surface area contributed by atoms with E-state index in [-0.39, 0.29) is 17.9 Å². The Hall–Kier alpha value is -2.85. The van der Waals surface area contributed by atoms with Gasteiger partial charge in [0.25, 0.3) is 0 Å². The molecule has 0 aromatic heterocycles. The highest BCUT2D eigenvalue weighted by Gasteiger charge is 2.26. The number of nitrogens with zero attached hydrogens (tertiary/aromatic N) is 1. The van der Waals surface area contributed by atoms with Crippen molar-refractivity contribution in [2.24, 2.45) is 5.92 Å². The predicted octanol–water partition coefficient (Wildman–Crippen LogP) is 4.81. The quantitative estimate of drug-likeness (QED) is 0.617. The van der Waals surface area contributed by atoms with Crippen molar-refractivity contribution in [1.82, 2.24) is 10.2 Å². The number of para-hydroxylation sites is 1. The molecule has 0 bridgehead atoms. The minimum Gasteiger partial charge on any atom is -0.492 e. The first kappa shape index (κ1) is 20.4. The number of carbonyl (C=O) groups is 1. The number of amides is 1. The summed E-state index contributed by atoms with van der Waals surface area (Å²) in [6.45, 7) is 5.54. The monoisotopic (exact) mass is 402 g/mol. The fourth-order valence-corrected chi connectivity index (χ4v) is 4.27. The molecular formula is C26H30N2O2. The fourth-order valence-electron chi connectivity index (χ4n) is 4.27. The summed E-state index contributed by atoms with van der Waals surface area (Å²) in [5.41, 5.74) is 1.18. The summed E-state index contributed by atoms with van der Waals surface area (Å²) >= 11 is 0. The standard InChI is InChI=1S/C26H30N2O2/c1-20(24-13-7-9-21-8-5-6-12-25(21)24)27-26(29)22-14-16-28(17-15-22)18-19-30-23-10-3-2-4-11-23/h2-13,20,22H,14-19H2,1H3,(H,27,29). The molecule has 0 aliphatic carbocycles. The molecule has 4 heteroatoms. The van der Waals surface area contributed by atoms with E-state index in [1.54, 1.807) is 0 Å². The summed E-state index contributed by atoms with van der Waals surface area (Å²) in [6.07, 6.45) is 1.80. The van der Waals surface area contributed by atoms with Crippen molar-refractivity contribution >= 4 is 16.7 Å². The topological polar surface area (TPSA) is 41.6 Å². The molecule has 1 amide bonds. The van der Waals surface area contributed by atoms with Crippen molar-refractivity contribution < 1.29 is 9.53 Å². The van der Waals surface area contributed by atoms with Gasteiger partial charge in [-0.1, -0.05) is 60.7 Å². The number of benzene rings is 3. The zero-order valence-corrected chi connectivity index (χ0v) is 17.6. The number of ether oxygens (including phenoxy) is 1. The maximum atomic E-state index is 12.9. The van der Waals surface area contributed by atoms with E-state index in [2.05, 4.69) is 53.5 Å². The summed E-state index contributed by atoms with van der Waals surface area (Å²) in [4.78, 5) is 15.3. The van der Waals surface area contributed by atoms with Gasteiger partial charge in [-0.15, -0.1) is 0 Å². The summed E-state index contributed by atoms with van der Waals surface area (Å²) in [7, 11) is 0. The molecule has 1 fully saturated rings. The highest BCUT2D eigenvalue weighted by atomic mass is 16.5. The van der Waals surface area contributed by atoms with Crippen LogP contribution in [-0.2, 0) is 4.79 Å². The normalized spacial score (nSPS) is 16.3. The van der Waals surface area contributed by atoms with Crippen LogP contribution in [0.5, 0.6) is 5.75 Å². The van der Waals surface area contributed by atoms with Gasteiger partial charge in [-0.3, -0.25) is 9.69 Å². The Morgan fingerprint density at radius 2 is 1.70 bits per heavy atom. The minimum atomic E-state index is 0.000835. The van der Waals surface area contributed by atoms with E-state index >= 15 is 0 Å². The summed E-state index contributed by atoms with van der Waals surface area (Å²) in [5.74, 6) is 1.18. The first-order chi connectivity index (χ1) is 14.7. The van der Waals surface area contributed by atoms with Crippen molar-refractivity contribution in [1.29, 1.82) is 0 Å². The van der Waals surface area contributed by atoms with E-state index in [1.165, 1.54) is 16.3 Å². The number of hydrogen-bond acceptors (Lipinski definition) is 3. The van der Waals surface area contributed by atoms with Crippen molar-refractivity contribution in [2.75, 3.05) is 26.2 Å². The van der Waals surface area contributed by atoms with Crippen LogP contribution < -0.4 is 10.1 Å². The van der Waals surface area contributed by atoms with Gasteiger partial charge in [-0.25, -0.2) is 0 Å². The van der Waals surface area contributed by atoms with Crippen LogP contribution in [0.2, 0.25) is 0 Å². The Balaban J connectivity index is 1.25. The molecule has 3 aromatic rings. The van der Waals surface area contributed by atoms with Crippen LogP contribution in [0.25, 0.3) is 10.8 Å².